The first-order valence-electron chi connectivity index (χ1n) is 6.02. The molecule has 5 nitrogen and oxygen atoms in total. The second kappa shape index (κ2) is 7.66. The van der Waals surface area contributed by atoms with Crippen LogP contribution in [-0.4, -0.2) is 42.1 Å². The Morgan fingerprint density at radius 1 is 1.29 bits per heavy atom. The molecule has 0 radical (unpaired) electrons. The van der Waals surface area contributed by atoms with Gasteiger partial charge in [0.15, 0.2) is 0 Å². The molecule has 6 heteroatoms. The monoisotopic (exact) mass is 265 g/mol. The fourth-order valence-corrected chi connectivity index (χ4v) is 3.49. The molecule has 0 aromatic carbocycles. The van der Waals surface area contributed by atoms with E-state index in [1.165, 1.54) is 4.31 Å². The number of carboxylic acid groups (broad SMARTS) is 1. The minimum Gasteiger partial charge on any atom is -0.481 e. The summed E-state index contributed by atoms with van der Waals surface area (Å²) >= 11 is 0. The molecule has 0 aliphatic heterocycles. The highest BCUT2D eigenvalue weighted by molar-refractivity contribution is 7.89. The van der Waals surface area contributed by atoms with E-state index in [1.807, 2.05) is 20.8 Å². The van der Waals surface area contributed by atoms with Crippen LogP contribution in [0.4, 0.5) is 0 Å². The molecule has 0 aliphatic carbocycles. The van der Waals surface area contributed by atoms with Crippen molar-refractivity contribution in [3.05, 3.63) is 0 Å². The van der Waals surface area contributed by atoms with Crippen LogP contribution >= 0.6 is 0 Å². The third-order valence-electron chi connectivity index (χ3n) is 2.46. The Hall–Kier alpha value is -0.620. The number of hydrogen-bond acceptors (Lipinski definition) is 3. The van der Waals surface area contributed by atoms with Gasteiger partial charge in [0.1, 0.15) is 0 Å². The largest absolute Gasteiger partial charge is 0.481 e. The average molecular weight is 265 g/mol. The average Bonchev–Trinajstić information content (AvgIpc) is 2.20. The van der Waals surface area contributed by atoms with Crippen molar-refractivity contribution in [1.29, 1.82) is 0 Å². The Kier molecular flexibility index (Phi) is 7.38. The van der Waals surface area contributed by atoms with E-state index in [0.717, 1.165) is 6.42 Å². The lowest BCUT2D eigenvalue weighted by molar-refractivity contribution is -0.137. The van der Waals surface area contributed by atoms with Gasteiger partial charge in [-0.2, -0.15) is 4.31 Å². The fraction of sp³-hybridized carbons (Fsp3) is 0.909. The molecule has 0 rings (SSSR count). The van der Waals surface area contributed by atoms with Gasteiger partial charge in [-0.3, -0.25) is 4.79 Å². The minimum absolute atomic E-state index is 0.00647. The van der Waals surface area contributed by atoms with Gasteiger partial charge in [0.2, 0.25) is 10.0 Å². The molecule has 0 fully saturated rings. The highest BCUT2D eigenvalue weighted by Crippen LogP contribution is 2.11. The Balaban J connectivity index is 4.45. The summed E-state index contributed by atoms with van der Waals surface area (Å²) in [6.07, 6.45) is 1.84. The van der Waals surface area contributed by atoms with Crippen LogP contribution in [-0.2, 0) is 14.8 Å². The molecule has 102 valence electrons. The predicted octanol–water partition coefficient (Wildman–Crippen LogP) is 1.69. The third kappa shape index (κ3) is 6.63. The molecular formula is C11H23NO4S. The van der Waals surface area contributed by atoms with Crippen LogP contribution in [0, 0.1) is 0 Å². The first-order chi connectivity index (χ1) is 7.81. The smallest absolute Gasteiger partial charge is 0.303 e. The Morgan fingerprint density at radius 3 is 2.29 bits per heavy atom. The van der Waals surface area contributed by atoms with Crippen molar-refractivity contribution in [2.24, 2.45) is 0 Å². The molecule has 0 aromatic heterocycles. The number of sulfonamides is 1. The summed E-state index contributed by atoms with van der Waals surface area (Å²) in [6, 6.07) is -0.120. The molecule has 0 amide bonds. The maximum atomic E-state index is 12.0. The van der Waals surface area contributed by atoms with Gasteiger partial charge in [0, 0.05) is 19.0 Å². The standard InChI is InChI=1S/C11H23NO4S/c1-4-5-9-17(15,16)12(10(2)3)8-6-7-11(13)14/h10H,4-9H2,1-3H3,(H,13,14). The Labute approximate surface area is 104 Å². The zero-order valence-corrected chi connectivity index (χ0v) is 11.7. The molecule has 0 saturated heterocycles. The zero-order chi connectivity index (χ0) is 13.5. The molecule has 0 aliphatic rings. The van der Waals surface area contributed by atoms with E-state index in [1.54, 1.807) is 0 Å². The second-order valence-electron chi connectivity index (χ2n) is 4.37. The zero-order valence-electron chi connectivity index (χ0n) is 10.8. The lowest BCUT2D eigenvalue weighted by Crippen LogP contribution is -2.39. The summed E-state index contributed by atoms with van der Waals surface area (Å²) in [7, 11) is -3.24. The lowest BCUT2D eigenvalue weighted by Gasteiger charge is -2.25. The molecule has 0 unspecified atom stereocenters. The second-order valence-corrected chi connectivity index (χ2v) is 6.41. The molecule has 1 N–H and O–H groups in total. The molecule has 0 saturated carbocycles. The van der Waals surface area contributed by atoms with Crippen molar-refractivity contribution in [2.45, 2.75) is 52.5 Å². The first kappa shape index (κ1) is 16.4. The highest BCUT2D eigenvalue weighted by atomic mass is 32.2. The number of unbranched alkanes of at least 4 members (excludes halogenated alkanes) is 1. The predicted molar refractivity (Wildman–Crippen MR) is 67.4 cm³/mol. The van der Waals surface area contributed by atoms with E-state index in [9.17, 15) is 13.2 Å². The summed E-state index contributed by atoms with van der Waals surface area (Å²) in [5.41, 5.74) is 0. The van der Waals surface area contributed by atoms with E-state index in [-0.39, 0.29) is 24.8 Å². The number of hydrogen-bond donors (Lipinski definition) is 1. The molecule has 0 atom stereocenters. The molecule has 0 bridgehead atoms. The van der Waals surface area contributed by atoms with Gasteiger partial charge in [-0.25, -0.2) is 8.42 Å². The summed E-state index contributed by atoms with van der Waals surface area (Å²) in [5.74, 6) is -0.742. The van der Waals surface area contributed by atoms with Crippen molar-refractivity contribution in [3.63, 3.8) is 0 Å². The summed E-state index contributed by atoms with van der Waals surface area (Å²) < 4.78 is 25.4. The summed E-state index contributed by atoms with van der Waals surface area (Å²) in [6.45, 7) is 5.85. The Bertz CT molecular complexity index is 324. The third-order valence-corrected chi connectivity index (χ3v) is 4.58. The van der Waals surface area contributed by atoms with Gasteiger partial charge < -0.3 is 5.11 Å². The van der Waals surface area contributed by atoms with Gasteiger partial charge in [-0.15, -0.1) is 0 Å². The Morgan fingerprint density at radius 2 is 1.88 bits per heavy atom. The first-order valence-corrected chi connectivity index (χ1v) is 7.63. The number of nitrogens with zero attached hydrogens (tertiary/aromatic N) is 1. The van der Waals surface area contributed by atoms with Crippen molar-refractivity contribution in [3.8, 4) is 0 Å². The van der Waals surface area contributed by atoms with Gasteiger partial charge >= 0.3 is 5.97 Å². The topological polar surface area (TPSA) is 74.7 Å². The van der Waals surface area contributed by atoms with E-state index in [4.69, 9.17) is 5.11 Å². The van der Waals surface area contributed by atoms with Crippen LogP contribution in [0.1, 0.15) is 46.5 Å². The normalized spacial score (nSPS) is 12.3. The van der Waals surface area contributed by atoms with Crippen LogP contribution < -0.4 is 0 Å². The highest BCUT2D eigenvalue weighted by Gasteiger charge is 2.23. The minimum atomic E-state index is -3.24. The summed E-state index contributed by atoms with van der Waals surface area (Å²) in [5, 5.41) is 8.54. The molecule has 17 heavy (non-hydrogen) atoms. The molecule has 0 aromatic rings. The van der Waals surface area contributed by atoms with Gasteiger partial charge in [0.05, 0.1) is 5.75 Å². The van der Waals surface area contributed by atoms with E-state index < -0.39 is 16.0 Å². The molecule has 0 spiro atoms. The number of rotatable bonds is 9. The fourth-order valence-electron chi connectivity index (χ4n) is 1.55. The van der Waals surface area contributed by atoms with Gasteiger partial charge in [-0.1, -0.05) is 13.3 Å². The number of aliphatic carboxylic acids is 1. The number of carboxylic acids is 1. The maximum absolute atomic E-state index is 12.0. The van der Waals surface area contributed by atoms with Crippen LogP contribution in [0.25, 0.3) is 0 Å². The van der Waals surface area contributed by atoms with Crippen molar-refractivity contribution in [1.82, 2.24) is 4.31 Å². The quantitative estimate of drug-likeness (QED) is 0.688. The lowest BCUT2D eigenvalue weighted by atomic mass is 10.3. The maximum Gasteiger partial charge on any atom is 0.303 e. The van der Waals surface area contributed by atoms with E-state index in [0.29, 0.717) is 12.8 Å². The van der Waals surface area contributed by atoms with Crippen LogP contribution in [0.3, 0.4) is 0 Å². The van der Waals surface area contributed by atoms with Crippen LogP contribution in [0.2, 0.25) is 0 Å². The SMILES string of the molecule is CCCCS(=O)(=O)N(CCCC(=O)O)C(C)C. The van der Waals surface area contributed by atoms with Gasteiger partial charge in [0.25, 0.3) is 0 Å². The summed E-state index contributed by atoms with van der Waals surface area (Å²) in [4.78, 5) is 10.4. The van der Waals surface area contributed by atoms with Crippen molar-refractivity contribution >= 4 is 16.0 Å². The van der Waals surface area contributed by atoms with Crippen LogP contribution in [0.15, 0.2) is 0 Å². The number of carbonyl (C=O) groups is 1. The van der Waals surface area contributed by atoms with Crippen LogP contribution in [0.5, 0.6) is 0 Å². The molecular weight excluding hydrogens is 242 g/mol. The van der Waals surface area contributed by atoms with E-state index >= 15 is 0 Å². The molecule has 0 heterocycles. The van der Waals surface area contributed by atoms with Gasteiger partial charge in [-0.05, 0) is 26.7 Å². The van der Waals surface area contributed by atoms with Crippen molar-refractivity contribution in [2.75, 3.05) is 12.3 Å². The van der Waals surface area contributed by atoms with E-state index in [2.05, 4.69) is 0 Å². The van der Waals surface area contributed by atoms with Crippen molar-refractivity contribution < 1.29 is 18.3 Å².